The van der Waals surface area contributed by atoms with E-state index >= 15 is 0 Å². The van der Waals surface area contributed by atoms with Crippen LogP contribution in [-0.2, 0) is 16.1 Å². The SMILES string of the molecule is CCC(C)(C)NC(=O)[C@H](c1cccc(OC)c1OC)N(C(=O)Cn1nnc2ccccc21)c1cc(C)ccc1C. The third-order valence-corrected chi connectivity index (χ3v) is 7.18. The van der Waals surface area contributed by atoms with Crippen LogP contribution < -0.4 is 19.7 Å². The summed E-state index contributed by atoms with van der Waals surface area (Å²) in [5, 5.41) is 11.6. The number of nitrogens with one attached hydrogen (secondary N) is 1. The summed E-state index contributed by atoms with van der Waals surface area (Å²) in [4.78, 5) is 30.2. The Balaban J connectivity index is 1.94. The van der Waals surface area contributed by atoms with Gasteiger partial charge in [-0.25, -0.2) is 4.68 Å². The van der Waals surface area contributed by atoms with Gasteiger partial charge in [0.15, 0.2) is 11.5 Å². The molecule has 1 atom stereocenters. The van der Waals surface area contributed by atoms with Gasteiger partial charge in [-0.05, 0) is 69.5 Å². The molecule has 0 bridgehead atoms. The summed E-state index contributed by atoms with van der Waals surface area (Å²) in [7, 11) is 3.07. The van der Waals surface area contributed by atoms with E-state index in [1.807, 2.05) is 77.1 Å². The van der Waals surface area contributed by atoms with E-state index in [9.17, 15) is 9.59 Å². The molecular formula is C31H37N5O4. The molecule has 0 radical (unpaired) electrons. The van der Waals surface area contributed by atoms with Crippen molar-refractivity contribution in [1.29, 1.82) is 0 Å². The second kappa shape index (κ2) is 11.8. The maximum atomic E-state index is 14.4. The van der Waals surface area contributed by atoms with Gasteiger partial charge >= 0.3 is 0 Å². The van der Waals surface area contributed by atoms with E-state index in [0.717, 1.165) is 16.6 Å². The summed E-state index contributed by atoms with van der Waals surface area (Å²) in [6.45, 7) is 9.67. The zero-order valence-electron chi connectivity index (χ0n) is 24.2. The lowest BCUT2D eigenvalue weighted by atomic mass is 9.96. The van der Waals surface area contributed by atoms with Crippen LogP contribution in [0.2, 0.25) is 0 Å². The van der Waals surface area contributed by atoms with Crippen molar-refractivity contribution >= 4 is 28.5 Å². The van der Waals surface area contributed by atoms with Gasteiger partial charge in [-0.3, -0.25) is 14.5 Å². The summed E-state index contributed by atoms with van der Waals surface area (Å²) in [5.41, 5.74) is 3.82. The molecule has 9 heteroatoms. The highest BCUT2D eigenvalue weighted by atomic mass is 16.5. The van der Waals surface area contributed by atoms with Gasteiger partial charge in [0.1, 0.15) is 18.1 Å². The molecule has 0 saturated carbocycles. The number of aromatic nitrogens is 3. The molecule has 9 nitrogen and oxygen atoms in total. The van der Waals surface area contributed by atoms with Crippen molar-refractivity contribution in [2.75, 3.05) is 19.1 Å². The average Bonchev–Trinajstić information content (AvgIpc) is 3.34. The molecule has 0 spiro atoms. The second-order valence-electron chi connectivity index (χ2n) is 10.5. The molecular weight excluding hydrogens is 506 g/mol. The van der Waals surface area contributed by atoms with Crippen molar-refractivity contribution < 1.29 is 19.1 Å². The lowest BCUT2D eigenvalue weighted by Crippen LogP contribution is -2.51. The Hall–Kier alpha value is -4.40. The summed E-state index contributed by atoms with van der Waals surface area (Å²) < 4.78 is 12.9. The van der Waals surface area contributed by atoms with Crippen LogP contribution in [0, 0.1) is 13.8 Å². The molecule has 210 valence electrons. The number of fused-ring (bicyclic) bond motifs is 1. The van der Waals surface area contributed by atoms with Crippen LogP contribution in [0.4, 0.5) is 5.69 Å². The summed E-state index contributed by atoms with van der Waals surface area (Å²) >= 11 is 0. The first-order valence-electron chi connectivity index (χ1n) is 13.3. The predicted octanol–water partition coefficient (Wildman–Crippen LogP) is 5.14. The van der Waals surface area contributed by atoms with Crippen LogP contribution in [0.15, 0.2) is 60.7 Å². The monoisotopic (exact) mass is 543 g/mol. The first-order chi connectivity index (χ1) is 19.1. The van der Waals surface area contributed by atoms with Crippen molar-refractivity contribution in [2.24, 2.45) is 0 Å². The van der Waals surface area contributed by atoms with Gasteiger partial charge in [-0.2, -0.15) is 0 Å². The number of aryl methyl sites for hydroxylation is 2. The molecule has 4 rings (SSSR count). The minimum absolute atomic E-state index is 0.124. The molecule has 0 aliphatic carbocycles. The molecule has 1 heterocycles. The van der Waals surface area contributed by atoms with Crippen LogP contribution in [0.5, 0.6) is 11.5 Å². The van der Waals surface area contributed by atoms with Crippen molar-refractivity contribution in [1.82, 2.24) is 20.3 Å². The molecule has 0 fully saturated rings. The zero-order chi connectivity index (χ0) is 29.0. The summed E-state index contributed by atoms with van der Waals surface area (Å²) in [5.74, 6) is 0.178. The lowest BCUT2D eigenvalue weighted by molar-refractivity contribution is -0.128. The molecule has 0 saturated heterocycles. The van der Waals surface area contributed by atoms with Crippen LogP contribution in [0.25, 0.3) is 11.0 Å². The van der Waals surface area contributed by atoms with Crippen LogP contribution in [-0.4, -0.2) is 46.6 Å². The highest BCUT2D eigenvalue weighted by Crippen LogP contribution is 2.40. The van der Waals surface area contributed by atoms with Gasteiger partial charge in [0, 0.05) is 16.8 Å². The normalized spacial score (nSPS) is 12.2. The smallest absolute Gasteiger partial charge is 0.249 e. The maximum absolute atomic E-state index is 14.4. The van der Waals surface area contributed by atoms with E-state index < -0.39 is 11.6 Å². The zero-order valence-corrected chi connectivity index (χ0v) is 24.2. The van der Waals surface area contributed by atoms with Crippen molar-refractivity contribution in [3.8, 4) is 11.5 Å². The van der Waals surface area contributed by atoms with Gasteiger partial charge in [-0.15, -0.1) is 5.10 Å². The van der Waals surface area contributed by atoms with Crippen LogP contribution >= 0.6 is 0 Å². The van der Waals surface area contributed by atoms with E-state index in [2.05, 4.69) is 15.6 Å². The molecule has 40 heavy (non-hydrogen) atoms. The molecule has 0 aliphatic heterocycles. The van der Waals surface area contributed by atoms with E-state index in [1.54, 1.807) is 34.9 Å². The Bertz CT molecular complexity index is 1530. The first kappa shape index (κ1) is 28.6. The number of nitrogens with zero attached hydrogens (tertiary/aromatic N) is 4. The standard InChI is InChI=1S/C31H37N5O4/c1-8-31(4,5)32-30(38)28(22-12-11-15-26(39-6)29(22)40-7)36(25-18-20(2)16-17-21(25)3)27(37)19-35-24-14-10-9-13-23(24)33-34-35/h9-18,28H,8,19H2,1-7H3,(H,32,38)/t28-/m0/s1. The number of carbonyl (C=O) groups is 2. The predicted molar refractivity (Wildman–Crippen MR) is 156 cm³/mol. The fraction of sp³-hybridized carbons (Fsp3) is 0.355. The number of hydrogen-bond donors (Lipinski definition) is 1. The average molecular weight is 544 g/mol. The van der Waals surface area contributed by atoms with Gasteiger partial charge in [-0.1, -0.05) is 48.5 Å². The Morgan fingerprint density at radius 2 is 1.77 bits per heavy atom. The number of hydrogen-bond acceptors (Lipinski definition) is 6. The Labute approximate surface area is 235 Å². The maximum Gasteiger partial charge on any atom is 0.249 e. The number of ether oxygens (including phenoxy) is 2. The Morgan fingerprint density at radius 1 is 1.02 bits per heavy atom. The molecule has 3 aromatic carbocycles. The topological polar surface area (TPSA) is 98.6 Å². The molecule has 4 aromatic rings. The number of para-hydroxylation sites is 2. The van der Waals surface area contributed by atoms with E-state index in [1.165, 1.54) is 7.11 Å². The van der Waals surface area contributed by atoms with Gasteiger partial charge in [0.25, 0.3) is 0 Å². The molecule has 2 amide bonds. The Kier molecular flexibility index (Phi) is 8.42. The van der Waals surface area contributed by atoms with E-state index in [0.29, 0.717) is 34.7 Å². The number of anilines is 1. The fourth-order valence-electron chi connectivity index (χ4n) is 4.65. The fourth-order valence-corrected chi connectivity index (χ4v) is 4.65. The van der Waals surface area contributed by atoms with Gasteiger partial charge in [0.05, 0.1) is 19.7 Å². The van der Waals surface area contributed by atoms with Crippen LogP contribution in [0.3, 0.4) is 0 Å². The van der Waals surface area contributed by atoms with Gasteiger partial charge in [0.2, 0.25) is 11.8 Å². The number of benzene rings is 3. The first-order valence-corrected chi connectivity index (χ1v) is 13.3. The van der Waals surface area contributed by atoms with Crippen molar-refractivity contribution in [3.63, 3.8) is 0 Å². The van der Waals surface area contributed by atoms with Gasteiger partial charge < -0.3 is 14.8 Å². The lowest BCUT2D eigenvalue weighted by Gasteiger charge is -2.36. The highest BCUT2D eigenvalue weighted by Gasteiger charge is 2.38. The minimum atomic E-state index is -1.07. The third kappa shape index (κ3) is 5.78. The number of methoxy groups -OCH3 is 2. The second-order valence-corrected chi connectivity index (χ2v) is 10.5. The summed E-state index contributed by atoms with van der Waals surface area (Å²) in [6.07, 6.45) is 0.697. The minimum Gasteiger partial charge on any atom is -0.493 e. The van der Waals surface area contributed by atoms with Crippen LogP contribution in [0.1, 0.15) is 49.9 Å². The van der Waals surface area contributed by atoms with E-state index in [4.69, 9.17) is 9.47 Å². The molecule has 0 unspecified atom stereocenters. The van der Waals surface area contributed by atoms with Crippen molar-refractivity contribution in [2.45, 2.75) is 59.2 Å². The molecule has 1 aromatic heterocycles. The number of rotatable bonds is 10. The molecule has 0 aliphatic rings. The molecule has 1 N–H and O–H groups in total. The quantitative estimate of drug-likeness (QED) is 0.297. The van der Waals surface area contributed by atoms with Crippen molar-refractivity contribution in [3.05, 3.63) is 77.4 Å². The summed E-state index contributed by atoms with van der Waals surface area (Å²) in [6, 6.07) is 17.6. The third-order valence-electron chi connectivity index (χ3n) is 7.18. The highest BCUT2D eigenvalue weighted by molar-refractivity contribution is 6.02. The van der Waals surface area contributed by atoms with E-state index in [-0.39, 0.29) is 18.4 Å². The number of carbonyl (C=O) groups excluding carboxylic acids is 2. The Morgan fingerprint density at radius 3 is 2.48 bits per heavy atom. The number of amides is 2. The largest absolute Gasteiger partial charge is 0.493 e.